The highest BCUT2D eigenvalue weighted by Crippen LogP contribution is 2.14. The van der Waals surface area contributed by atoms with Gasteiger partial charge in [-0.15, -0.1) is 0 Å². The zero-order valence-electron chi connectivity index (χ0n) is 10.5. The summed E-state index contributed by atoms with van der Waals surface area (Å²) in [6.45, 7) is 3.09. The summed E-state index contributed by atoms with van der Waals surface area (Å²) < 4.78 is 0. The third-order valence-electron chi connectivity index (χ3n) is 2.96. The van der Waals surface area contributed by atoms with Crippen LogP contribution in [0, 0.1) is 0 Å². The van der Waals surface area contributed by atoms with E-state index in [2.05, 4.69) is 6.92 Å². The van der Waals surface area contributed by atoms with Crippen molar-refractivity contribution in [3.05, 3.63) is 0 Å². The predicted molar refractivity (Wildman–Crippen MR) is 68.9 cm³/mol. The van der Waals surface area contributed by atoms with Crippen molar-refractivity contribution in [3.63, 3.8) is 0 Å². The highest BCUT2D eigenvalue weighted by atomic mass is 14.6. The van der Waals surface area contributed by atoms with Crippen molar-refractivity contribution in [3.8, 4) is 0 Å². The number of hydrogen-bond acceptors (Lipinski definition) is 2. The first-order valence-electron chi connectivity index (χ1n) is 6.77. The molecule has 0 amide bonds. The van der Waals surface area contributed by atoms with E-state index in [1.807, 2.05) is 0 Å². The van der Waals surface area contributed by atoms with Gasteiger partial charge in [0.1, 0.15) is 0 Å². The van der Waals surface area contributed by atoms with Gasteiger partial charge in [-0.05, 0) is 25.8 Å². The minimum absolute atomic E-state index is 0.536. The van der Waals surface area contributed by atoms with Crippen molar-refractivity contribution >= 4 is 0 Å². The minimum atomic E-state index is 0.536. The van der Waals surface area contributed by atoms with E-state index in [4.69, 9.17) is 11.5 Å². The topological polar surface area (TPSA) is 52.0 Å². The quantitative estimate of drug-likeness (QED) is 0.691. The van der Waals surface area contributed by atoms with Crippen molar-refractivity contribution < 1.29 is 0 Å². The fourth-order valence-electron chi connectivity index (χ4n) is 1.88. The Hall–Kier alpha value is -0.0800. The maximum Gasteiger partial charge on any atom is 0.00388 e. The second kappa shape index (κ2) is 12.0. The molecular formula is C13H30N2. The Morgan fingerprint density at radius 3 is 1.93 bits per heavy atom. The van der Waals surface area contributed by atoms with Crippen molar-refractivity contribution in [1.29, 1.82) is 0 Å². The molecule has 1 aliphatic rings. The van der Waals surface area contributed by atoms with Crippen LogP contribution in [0.5, 0.6) is 0 Å². The molecule has 92 valence electrons. The molecule has 0 spiro atoms. The van der Waals surface area contributed by atoms with Crippen molar-refractivity contribution in [2.75, 3.05) is 6.54 Å². The number of nitrogens with two attached hydrogens (primary N) is 2. The summed E-state index contributed by atoms with van der Waals surface area (Å²) >= 11 is 0. The lowest BCUT2D eigenvalue weighted by atomic mass is 9.97. The fraction of sp³-hybridized carbons (Fsp3) is 1.00. The molecule has 0 heterocycles. The second-order valence-corrected chi connectivity index (χ2v) is 4.60. The van der Waals surface area contributed by atoms with E-state index in [1.54, 1.807) is 0 Å². The summed E-state index contributed by atoms with van der Waals surface area (Å²) in [6, 6.07) is 0.536. The molecule has 2 heteroatoms. The van der Waals surface area contributed by atoms with Crippen LogP contribution in [-0.4, -0.2) is 12.6 Å². The molecule has 1 fully saturated rings. The predicted octanol–water partition coefficient (Wildman–Crippen LogP) is 3.19. The molecule has 1 aliphatic carbocycles. The third-order valence-corrected chi connectivity index (χ3v) is 2.96. The van der Waals surface area contributed by atoms with Gasteiger partial charge in [0.2, 0.25) is 0 Å². The lowest BCUT2D eigenvalue weighted by Crippen LogP contribution is -2.22. The normalized spacial score (nSPS) is 17.0. The minimum Gasteiger partial charge on any atom is -0.330 e. The van der Waals surface area contributed by atoms with Crippen molar-refractivity contribution in [2.45, 2.75) is 77.2 Å². The molecule has 0 atom stereocenters. The van der Waals surface area contributed by atoms with E-state index in [0.717, 1.165) is 6.54 Å². The Morgan fingerprint density at radius 2 is 1.53 bits per heavy atom. The smallest absolute Gasteiger partial charge is 0.00388 e. The van der Waals surface area contributed by atoms with Gasteiger partial charge in [0.15, 0.2) is 0 Å². The Kier molecular flexibility index (Phi) is 11.9. The van der Waals surface area contributed by atoms with Crippen LogP contribution in [0.3, 0.4) is 0 Å². The van der Waals surface area contributed by atoms with Gasteiger partial charge in [0.25, 0.3) is 0 Å². The molecule has 0 bridgehead atoms. The molecular weight excluding hydrogens is 184 g/mol. The van der Waals surface area contributed by atoms with Crippen LogP contribution in [0.25, 0.3) is 0 Å². The fourth-order valence-corrected chi connectivity index (χ4v) is 1.88. The number of rotatable bonds is 5. The summed E-state index contributed by atoms with van der Waals surface area (Å²) in [5, 5.41) is 0. The maximum absolute atomic E-state index is 5.63. The average Bonchev–Trinajstić information content (AvgIpc) is 2.27. The van der Waals surface area contributed by atoms with E-state index in [9.17, 15) is 0 Å². The highest BCUT2D eigenvalue weighted by Gasteiger charge is 2.06. The van der Waals surface area contributed by atoms with Gasteiger partial charge in [-0.1, -0.05) is 51.9 Å². The SMILES string of the molecule is CCCCCCCN.NC1CCCCC1. The lowest BCUT2D eigenvalue weighted by molar-refractivity contribution is 0.441. The summed E-state index contributed by atoms with van der Waals surface area (Å²) in [5.74, 6) is 0. The molecule has 15 heavy (non-hydrogen) atoms. The summed E-state index contributed by atoms with van der Waals surface area (Å²) in [7, 11) is 0. The molecule has 0 aromatic heterocycles. The molecule has 0 aromatic carbocycles. The summed E-state index contributed by atoms with van der Waals surface area (Å²) in [5.41, 5.74) is 10.9. The monoisotopic (exact) mass is 214 g/mol. The third kappa shape index (κ3) is 11.8. The van der Waals surface area contributed by atoms with Crippen LogP contribution >= 0.6 is 0 Å². The van der Waals surface area contributed by atoms with Gasteiger partial charge in [-0.3, -0.25) is 0 Å². The molecule has 1 rings (SSSR count). The molecule has 0 radical (unpaired) electrons. The van der Waals surface area contributed by atoms with E-state index in [0.29, 0.717) is 6.04 Å². The van der Waals surface area contributed by atoms with Gasteiger partial charge < -0.3 is 11.5 Å². The van der Waals surface area contributed by atoms with Crippen molar-refractivity contribution in [2.24, 2.45) is 11.5 Å². The first kappa shape index (κ1) is 14.9. The molecule has 0 saturated heterocycles. The second-order valence-electron chi connectivity index (χ2n) is 4.60. The molecule has 2 nitrogen and oxygen atoms in total. The van der Waals surface area contributed by atoms with Gasteiger partial charge in [-0.2, -0.15) is 0 Å². The Morgan fingerprint density at radius 1 is 0.933 bits per heavy atom. The van der Waals surface area contributed by atoms with Crippen LogP contribution in [-0.2, 0) is 0 Å². The molecule has 0 unspecified atom stereocenters. The zero-order chi connectivity index (χ0) is 11.4. The first-order chi connectivity index (χ1) is 7.31. The largest absolute Gasteiger partial charge is 0.330 e. The molecule has 0 aromatic rings. The Labute approximate surface area is 95.8 Å². The van der Waals surface area contributed by atoms with E-state index in [-0.39, 0.29) is 0 Å². The van der Waals surface area contributed by atoms with E-state index >= 15 is 0 Å². The molecule has 1 saturated carbocycles. The van der Waals surface area contributed by atoms with E-state index < -0.39 is 0 Å². The molecule has 4 N–H and O–H groups in total. The first-order valence-corrected chi connectivity index (χ1v) is 6.77. The van der Waals surface area contributed by atoms with Crippen LogP contribution in [0.4, 0.5) is 0 Å². The number of hydrogen-bond donors (Lipinski definition) is 2. The zero-order valence-corrected chi connectivity index (χ0v) is 10.5. The van der Waals surface area contributed by atoms with Gasteiger partial charge in [-0.25, -0.2) is 0 Å². The van der Waals surface area contributed by atoms with Gasteiger partial charge >= 0.3 is 0 Å². The van der Waals surface area contributed by atoms with Crippen LogP contribution < -0.4 is 11.5 Å². The Bertz CT molecular complexity index is 103. The summed E-state index contributed by atoms with van der Waals surface area (Å²) in [6.07, 6.45) is 13.3. The van der Waals surface area contributed by atoms with Gasteiger partial charge in [0, 0.05) is 6.04 Å². The summed E-state index contributed by atoms with van der Waals surface area (Å²) in [4.78, 5) is 0. The lowest BCUT2D eigenvalue weighted by Gasteiger charge is -2.15. The average molecular weight is 214 g/mol. The van der Waals surface area contributed by atoms with Crippen LogP contribution in [0.1, 0.15) is 71.1 Å². The van der Waals surface area contributed by atoms with Crippen molar-refractivity contribution in [1.82, 2.24) is 0 Å². The van der Waals surface area contributed by atoms with Crippen LogP contribution in [0.15, 0.2) is 0 Å². The Balaban J connectivity index is 0.000000262. The highest BCUT2D eigenvalue weighted by molar-refractivity contribution is 4.66. The maximum atomic E-state index is 5.63. The molecule has 0 aliphatic heterocycles. The number of unbranched alkanes of at least 4 members (excludes halogenated alkanes) is 4. The van der Waals surface area contributed by atoms with Gasteiger partial charge in [0.05, 0.1) is 0 Å². The van der Waals surface area contributed by atoms with Crippen LogP contribution in [0.2, 0.25) is 0 Å². The van der Waals surface area contributed by atoms with E-state index in [1.165, 1.54) is 64.2 Å². The standard InChI is InChI=1S/C7H17N.C6H13N/c1-2-3-4-5-6-7-8;7-6-4-2-1-3-5-6/h2-8H2,1H3;6H,1-5,7H2.